The second-order valence-corrected chi connectivity index (χ2v) is 9.18. The summed E-state index contributed by atoms with van der Waals surface area (Å²) < 4.78 is 46.9. The van der Waals surface area contributed by atoms with E-state index >= 15 is 0 Å². The van der Waals surface area contributed by atoms with Crippen LogP contribution in [-0.2, 0) is 12.6 Å². The van der Waals surface area contributed by atoms with Gasteiger partial charge in [-0.25, -0.2) is 4.98 Å². The summed E-state index contributed by atoms with van der Waals surface area (Å²) in [5.74, 6) is 3.02. The average molecular weight is 493 g/mol. The quantitative estimate of drug-likeness (QED) is 0.285. The zero-order valence-corrected chi connectivity index (χ0v) is 19.8. The third-order valence-corrected chi connectivity index (χ3v) is 6.53. The molecule has 1 fully saturated rings. The van der Waals surface area contributed by atoms with Crippen LogP contribution in [0.5, 0.6) is 11.6 Å². The van der Waals surface area contributed by atoms with Crippen LogP contribution in [0.15, 0.2) is 73.6 Å². The van der Waals surface area contributed by atoms with Crippen LogP contribution in [-0.4, -0.2) is 14.5 Å². The topological polar surface area (TPSA) is 52.0 Å². The van der Waals surface area contributed by atoms with E-state index < -0.39 is 11.7 Å². The third-order valence-electron chi connectivity index (χ3n) is 6.53. The second-order valence-electron chi connectivity index (χ2n) is 9.18. The molecule has 8 heteroatoms. The van der Waals surface area contributed by atoms with Gasteiger partial charge in [0, 0.05) is 36.0 Å². The number of ether oxygens (including phenoxy) is 1. The van der Waals surface area contributed by atoms with Crippen LogP contribution >= 0.6 is 0 Å². The first-order valence-electron chi connectivity index (χ1n) is 12.1. The van der Waals surface area contributed by atoms with Gasteiger partial charge in [0.25, 0.3) is 0 Å². The van der Waals surface area contributed by atoms with Crippen LogP contribution < -0.4 is 10.1 Å². The summed E-state index contributed by atoms with van der Waals surface area (Å²) in [6, 6.07) is 14.3. The van der Waals surface area contributed by atoms with Gasteiger partial charge in [0.05, 0.1) is 11.1 Å². The van der Waals surface area contributed by atoms with Crippen molar-refractivity contribution in [2.24, 2.45) is 5.92 Å². The molecule has 0 spiro atoms. The van der Waals surface area contributed by atoms with Crippen LogP contribution in [0.2, 0.25) is 0 Å². The molecule has 5 rings (SSSR count). The zero-order chi connectivity index (χ0) is 25.1. The third kappa shape index (κ3) is 5.53. The predicted octanol–water partition coefficient (Wildman–Crippen LogP) is 7.91. The van der Waals surface area contributed by atoms with Crippen molar-refractivity contribution in [1.29, 1.82) is 0 Å². The molecule has 0 radical (unpaired) electrons. The minimum Gasteiger partial charge on any atom is -0.439 e. The highest BCUT2D eigenvalue weighted by Gasteiger charge is 2.30. The standard InChI is InChI=1S/C28H27F3N4O/c1-19(33-23-9-5-8-22(18-23)28(29,30)31)35-15-13-21-17-24(10-11-25(21)35)36-27-12-14-32-26(34-27)16-20-6-3-2-4-7-20/h5,8-15,17-18,20,33H,1-4,6-7,16H2. The number of rotatable bonds is 7. The number of alkyl halides is 3. The highest BCUT2D eigenvalue weighted by Crippen LogP contribution is 2.32. The van der Waals surface area contributed by atoms with E-state index in [1.54, 1.807) is 22.9 Å². The smallest absolute Gasteiger partial charge is 0.416 e. The lowest BCUT2D eigenvalue weighted by Gasteiger charge is -2.20. The van der Waals surface area contributed by atoms with Crippen molar-refractivity contribution in [3.8, 4) is 11.6 Å². The number of aromatic nitrogens is 3. The summed E-state index contributed by atoms with van der Waals surface area (Å²) >= 11 is 0. The van der Waals surface area contributed by atoms with Gasteiger partial charge in [-0.3, -0.25) is 0 Å². The molecule has 186 valence electrons. The fourth-order valence-electron chi connectivity index (χ4n) is 4.73. The van der Waals surface area contributed by atoms with Gasteiger partial charge in [-0.2, -0.15) is 18.2 Å². The van der Waals surface area contributed by atoms with Gasteiger partial charge < -0.3 is 14.6 Å². The van der Waals surface area contributed by atoms with Crippen molar-refractivity contribution in [2.75, 3.05) is 5.32 Å². The SMILES string of the molecule is C=C(Nc1cccc(C(F)(F)F)c1)n1ccc2cc(Oc3ccnc(CC4CCCCC4)n3)ccc21. The lowest BCUT2D eigenvalue weighted by Crippen LogP contribution is -2.11. The Morgan fingerprint density at radius 1 is 1.06 bits per heavy atom. The summed E-state index contributed by atoms with van der Waals surface area (Å²) in [6.07, 6.45) is 6.36. The Morgan fingerprint density at radius 3 is 2.69 bits per heavy atom. The van der Waals surface area contributed by atoms with Crippen molar-refractivity contribution >= 4 is 22.4 Å². The van der Waals surface area contributed by atoms with E-state index in [2.05, 4.69) is 21.9 Å². The second kappa shape index (κ2) is 10.0. The maximum absolute atomic E-state index is 13.0. The summed E-state index contributed by atoms with van der Waals surface area (Å²) in [4.78, 5) is 9.03. The van der Waals surface area contributed by atoms with Crippen molar-refractivity contribution in [1.82, 2.24) is 14.5 Å². The average Bonchev–Trinajstić information content (AvgIpc) is 3.28. The number of hydrogen-bond acceptors (Lipinski definition) is 4. The molecule has 0 unspecified atom stereocenters. The molecule has 2 aromatic heterocycles. The Labute approximate surface area is 207 Å². The van der Waals surface area contributed by atoms with E-state index in [0.717, 1.165) is 35.3 Å². The van der Waals surface area contributed by atoms with E-state index in [4.69, 9.17) is 4.74 Å². The molecule has 0 amide bonds. The molecule has 2 aromatic carbocycles. The molecule has 1 N–H and O–H groups in total. The fourth-order valence-corrected chi connectivity index (χ4v) is 4.73. The molecule has 2 heterocycles. The molecular formula is C28H27F3N4O. The molecular weight excluding hydrogens is 465 g/mol. The predicted molar refractivity (Wildman–Crippen MR) is 135 cm³/mol. The van der Waals surface area contributed by atoms with Gasteiger partial charge >= 0.3 is 6.18 Å². The first-order valence-corrected chi connectivity index (χ1v) is 12.1. The Balaban J connectivity index is 1.29. The number of anilines is 1. The number of nitrogens with one attached hydrogen (secondary N) is 1. The Morgan fingerprint density at radius 2 is 1.89 bits per heavy atom. The first kappa shape index (κ1) is 23.9. The number of hydrogen-bond donors (Lipinski definition) is 1. The van der Waals surface area contributed by atoms with Crippen LogP contribution in [0.25, 0.3) is 16.7 Å². The van der Waals surface area contributed by atoms with Gasteiger partial charge in [0.1, 0.15) is 17.4 Å². The van der Waals surface area contributed by atoms with Gasteiger partial charge in [-0.1, -0.05) is 44.7 Å². The first-order chi connectivity index (χ1) is 17.3. The van der Waals surface area contributed by atoms with Gasteiger partial charge in [0.2, 0.25) is 5.88 Å². The van der Waals surface area contributed by atoms with Crippen molar-refractivity contribution < 1.29 is 17.9 Å². The van der Waals surface area contributed by atoms with Crippen molar-refractivity contribution in [2.45, 2.75) is 44.7 Å². The largest absolute Gasteiger partial charge is 0.439 e. The maximum atomic E-state index is 13.0. The lowest BCUT2D eigenvalue weighted by molar-refractivity contribution is -0.137. The van der Waals surface area contributed by atoms with Gasteiger partial charge in [-0.05, 0) is 48.4 Å². The highest BCUT2D eigenvalue weighted by atomic mass is 19.4. The van der Waals surface area contributed by atoms with Gasteiger partial charge in [-0.15, -0.1) is 0 Å². The summed E-state index contributed by atoms with van der Waals surface area (Å²) in [7, 11) is 0. The van der Waals surface area contributed by atoms with E-state index in [0.29, 0.717) is 29.1 Å². The lowest BCUT2D eigenvalue weighted by atomic mass is 9.87. The molecule has 1 aliphatic carbocycles. The van der Waals surface area contributed by atoms with Crippen molar-refractivity contribution in [3.63, 3.8) is 0 Å². The van der Waals surface area contributed by atoms with Crippen LogP contribution in [0.1, 0.15) is 43.5 Å². The van der Waals surface area contributed by atoms with Gasteiger partial charge in [0.15, 0.2) is 0 Å². The molecule has 0 atom stereocenters. The molecule has 5 nitrogen and oxygen atoms in total. The van der Waals surface area contributed by atoms with Crippen LogP contribution in [0.3, 0.4) is 0 Å². The minimum atomic E-state index is -4.41. The number of fused-ring (bicyclic) bond motifs is 1. The van der Waals surface area contributed by atoms with E-state index in [-0.39, 0.29) is 0 Å². The molecule has 0 saturated heterocycles. The molecule has 0 bridgehead atoms. The highest BCUT2D eigenvalue weighted by molar-refractivity contribution is 5.86. The number of benzene rings is 2. The normalized spacial score (nSPS) is 14.6. The molecule has 36 heavy (non-hydrogen) atoms. The van der Waals surface area contributed by atoms with Crippen LogP contribution in [0, 0.1) is 5.92 Å². The summed E-state index contributed by atoms with van der Waals surface area (Å²) in [5, 5.41) is 3.86. The number of nitrogens with zero attached hydrogens (tertiary/aromatic N) is 3. The molecule has 0 aliphatic heterocycles. The minimum absolute atomic E-state index is 0.310. The Kier molecular flexibility index (Phi) is 6.67. The summed E-state index contributed by atoms with van der Waals surface area (Å²) in [5.41, 5.74) is 0.433. The van der Waals surface area contributed by atoms with E-state index in [9.17, 15) is 13.2 Å². The Hall–Kier alpha value is -3.81. The molecule has 4 aromatic rings. The zero-order valence-electron chi connectivity index (χ0n) is 19.8. The Bertz CT molecular complexity index is 1370. The monoisotopic (exact) mass is 492 g/mol. The summed E-state index contributed by atoms with van der Waals surface area (Å²) in [6.45, 7) is 4.00. The molecule has 1 saturated carbocycles. The molecule has 1 aliphatic rings. The fraction of sp³-hybridized carbons (Fsp3) is 0.286. The van der Waals surface area contributed by atoms with Crippen molar-refractivity contribution in [3.05, 3.63) is 85.0 Å². The van der Waals surface area contributed by atoms with E-state index in [1.165, 1.54) is 38.2 Å². The van der Waals surface area contributed by atoms with Crippen LogP contribution in [0.4, 0.5) is 18.9 Å². The van der Waals surface area contributed by atoms with E-state index in [1.807, 2.05) is 30.5 Å². The maximum Gasteiger partial charge on any atom is 0.416 e. The number of halogens is 3.